The average molecular weight is 355 g/mol. The van der Waals surface area contributed by atoms with Gasteiger partial charge in [-0.15, -0.1) is 0 Å². The van der Waals surface area contributed by atoms with Crippen LogP contribution >= 0.6 is 0 Å². The number of fused-ring (bicyclic) bond motifs is 3. The molecule has 0 saturated heterocycles. The molecule has 0 saturated carbocycles. The number of nitrogens with one attached hydrogen (secondary N) is 2. The van der Waals surface area contributed by atoms with Gasteiger partial charge in [0.1, 0.15) is 0 Å². The van der Waals surface area contributed by atoms with Gasteiger partial charge in [-0.1, -0.05) is 12.1 Å². The first-order valence-corrected chi connectivity index (χ1v) is 8.46. The summed E-state index contributed by atoms with van der Waals surface area (Å²) in [5.74, 6) is -0.303. The highest BCUT2D eigenvalue weighted by molar-refractivity contribution is 5.92. The Morgan fingerprint density at radius 3 is 2.73 bits per heavy atom. The summed E-state index contributed by atoms with van der Waals surface area (Å²) in [6.07, 6.45) is 0.0226. The van der Waals surface area contributed by atoms with Gasteiger partial charge >= 0.3 is 6.09 Å². The van der Waals surface area contributed by atoms with E-state index in [4.69, 9.17) is 0 Å². The fourth-order valence-electron chi connectivity index (χ4n) is 2.93. The van der Waals surface area contributed by atoms with Crippen LogP contribution in [0.15, 0.2) is 24.3 Å². The molecule has 3 aromatic rings. The number of aromatic nitrogens is 3. The Morgan fingerprint density at radius 1 is 1.19 bits per heavy atom. The normalized spacial score (nSPS) is 10.9. The number of ether oxygens (including phenoxy) is 1. The number of carbonyl (C=O) groups excluding carboxylic acids is 2. The number of benzene rings is 1. The second kappa shape index (κ2) is 7.38. The summed E-state index contributed by atoms with van der Waals surface area (Å²) in [5.41, 5.74) is 9.02. The van der Waals surface area contributed by atoms with Crippen molar-refractivity contribution in [2.24, 2.45) is 0 Å². The molecule has 0 aliphatic heterocycles. The molecule has 2 aromatic heterocycles. The Balaban J connectivity index is 1.77. The first-order chi connectivity index (χ1) is 12.5. The van der Waals surface area contributed by atoms with Crippen LogP contribution in [-0.2, 0) is 16.0 Å². The van der Waals surface area contributed by atoms with E-state index >= 15 is 0 Å². The second-order valence-corrected chi connectivity index (χ2v) is 5.91. The van der Waals surface area contributed by atoms with E-state index in [1.807, 2.05) is 42.6 Å². The maximum atomic E-state index is 11.9. The monoisotopic (exact) mass is 355 g/mol. The van der Waals surface area contributed by atoms with Crippen molar-refractivity contribution < 1.29 is 14.3 Å². The zero-order valence-corrected chi connectivity index (χ0v) is 15.0. The number of rotatable bonds is 4. The van der Waals surface area contributed by atoms with E-state index in [-0.39, 0.29) is 18.9 Å². The van der Waals surface area contributed by atoms with Crippen LogP contribution in [0.1, 0.15) is 30.3 Å². The van der Waals surface area contributed by atoms with Gasteiger partial charge in [-0.3, -0.25) is 10.2 Å². The minimum Gasteiger partial charge on any atom is -0.449 e. The van der Waals surface area contributed by atoms with Gasteiger partial charge in [-0.25, -0.2) is 19.7 Å². The number of carbonyl (C=O) groups is 2. The fraction of sp³-hybridized carbons (Fsp3) is 0.333. The van der Waals surface area contributed by atoms with Gasteiger partial charge < -0.3 is 4.74 Å². The van der Waals surface area contributed by atoms with E-state index in [0.717, 1.165) is 33.5 Å². The van der Waals surface area contributed by atoms with Crippen LogP contribution < -0.4 is 10.9 Å². The standard InChI is InChI=1S/C18H21N5O3/c1-4-26-18(25)21-20-16(24)10-9-13-11(2)19-17-14-7-5-6-8-15(14)22-23(17)12(13)3/h5-8H,4,9-10H2,1-3H3,(H,20,24)(H,21,25). The SMILES string of the molecule is CCOC(=O)NNC(=O)CCc1c(C)nc2c3ccccc3nn2c1C. The van der Waals surface area contributed by atoms with Crippen LogP contribution in [0.4, 0.5) is 4.79 Å². The van der Waals surface area contributed by atoms with Crippen molar-refractivity contribution in [2.45, 2.75) is 33.6 Å². The Hall–Kier alpha value is -3.16. The third-order valence-corrected chi connectivity index (χ3v) is 4.20. The first-order valence-electron chi connectivity index (χ1n) is 8.46. The number of hydrazine groups is 1. The van der Waals surface area contributed by atoms with Gasteiger partial charge in [0.2, 0.25) is 5.91 Å². The van der Waals surface area contributed by atoms with Gasteiger partial charge in [0.05, 0.1) is 12.1 Å². The van der Waals surface area contributed by atoms with Crippen molar-refractivity contribution in [3.8, 4) is 0 Å². The average Bonchev–Trinajstić information content (AvgIpc) is 2.99. The third-order valence-electron chi connectivity index (χ3n) is 4.20. The van der Waals surface area contributed by atoms with Crippen LogP contribution in [0.3, 0.4) is 0 Å². The summed E-state index contributed by atoms with van der Waals surface area (Å²) in [6.45, 7) is 5.83. The van der Waals surface area contributed by atoms with Crippen molar-refractivity contribution >= 4 is 28.6 Å². The van der Waals surface area contributed by atoms with Crippen molar-refractivity contribution in [2.75, 3.05) is 6.61 Å². The molecule has 0 bridgehead atoms. The van der Waals surface area contributed by atoms with Crippen LogP contribution in [-0.4, -0.2) is 33.2 Å². The van der Waals surface area contributed by atoms with E-state index in [1.165, 1.54) is 0 Å². The zero-order chi connectivity index (χ0) is 18.7. The largest absolute Gasteiger partial charge is 0.449 e. The highest BCUT2D eigenvalue weighted by Gasteiger charge is 2.15. The Bertz CT molecular complexity index is 980. The number of hydrogen-bond donors (Lipinski definition) is 2. The molecule has 3 rings (SSSR count). The molecule has 0 aliphatic carbocycles. The molecular weight excluding hydrogens is 334 g/mol. The molecule has 26 heavy (non-hydrogen) atoms. The quantitative estimate of drug-likeness (QED) is 0.699. The topological polar surface area (TPSA) is 97.6 Å². The van der Waals surface area contributed by atoms with Crippen molar-refractivity contribution in [1.82, 2.24) is 25.4 Å². The minimum atomic E-state index is -0.681. The van der Waals surface area contributed by atoms with Crippen LogP contribution in [0.5, 0.6) is 0 Å². The molecule has 2 heterocycles. The number of amides is 2. The van der Waals surface area contributed by atoms with Crippen LogP contribution in [0.2, 0.25) is 0 Å². The molecule has 2 amide bonds. The lowest BCUT2D eigenvalue weighted by Crippen LogP contribution is -2.42. The molecule has 0 fully saturated rings. The minimum absolute atomic E-state index is 0.210. The molecule has 0 unspecified atom stereocenters. The molecule has 0 aliphatic rings. The van der Waals surface area contributed by atoms with Crippen LogP contribution in [0, 0.1) is 13.8 Å². The van der Waals surface area contributed by atoms with Gasteiger partial charge in [-0.05, 0) is 44.9 Å². The summed E-state index contributed by atoms with van der Waals surface area (Å²) in [6, 6.07) is 7.86. The first kappa shape index (κ1) is 17.7. The van der Waals surface area contributed by atoms with E-state index in [2.05, 4.69) is 25.7 Å². The Labute approximate surface area is 150 Å². The van der Waals surface area contributed by atoms with E-state index in [1.54, 1.807) is 6.92 Å². The zero-order valence-electron chi connectivity index (χ0n) is 15.0. The van der Waals surface area contributed by atoms with Crippen molar-refractivity contribution in [1.29, 1.82) is 0 Å². The second-order valence-electron chi connectivity index (χ2n) is 5.91. The van der Waals surface area contributed by atoms with Gasteiger partial charge in [0, 0.05) is 23.2 Å². The smallest absolute Gasteiger partial charge is 0.426 e. The maximum Gasteiger partial charge on any atom is 0.426 e. The fourth-order valence-corrected chi connectivity index (χ4v) is 2.93. The predicted octanol–water partition coefficient (Wildman–Crippen LogP) is 2.21. The molecule has 0 spiro atoms. The lowest BCUT2D eigenvalue weighted by Gasteiger charge is -2.11. The van der Waals surface area contributed by atoms with Gasteiger partial charge in [0.15, 0.2) is 5.65 Å². The molecular formula is C18H21N5O3. The Morgan fingerprint density at radius 2 is 1.96 bits per heavy atom. The molecule has 8 heteroatoms. The highest BCUT2D eigenvalue weighted by Crippen LogP contribution is 2.22. The lowest BCUT2D eigenvalue weighted by atomic mass is 10.1. The molecule has 0 radical (unpaired) electrons. The lowest BCUT2D eigenvalue weighted by molar-refractivity contribution is -0.121. The van der Waals surface area contributed by atoms with Gasteiger partial charge in [-0.2, -0.15) is 5.10 Å². The van der Waals surface area contributed by atoms with Crippen molar-refractivity contribution in [3.05, 3.63) is 41.2 Å². The van der Waals surface area contributed by atoms with E-state index < -0.39 is 6.09 Å². The maximum absolute atomic E-state index is 11.9. The molecule has 2 N–H and O–H groups in total. The van der Waals surface area contributed by atoms with Crippen LogP contribution in [0.25, 0.3) is 16.6 Å². The molecule has 1 aromatic carbocycles. The summed E-state index contributed by atoms with van der Waals surface area (Å²) in [7, 11) is 0. The Kier molecular flexibility index (Phi) is 5.01. The third kappa shape index (κ3) is 3.44. The van der Waals surface area contributed by atoms with E-state index in [9.17, 15) is 9.59 Å². The summed E-state index contributed by atoms with van der Waals surface area (Å²) in [4.78, 5) is 27.8. The van der Waals surface area contributed by atoms with Crippen molar-refractivity contribution in [3.63, 3.8) is 0 Å². The predicted molar refractivity (Wildman–Crippen MR) is 96.6 cm³/mol. The summed E-state index contributed by atoms with van der Waals surface area (Å²) >= 11 is 0. The summed E-state index contributed by atoms with van der Waals surface area (Å²) in [5, 5.41) is 5.61. The molecule has 0 atom stereocenters. The van der Waals surface area contributed by atoms with Gasteiger partial charge in [0.25, 0.3) is 0 Å². The molecule has 8 nitrogen and oxygen atoms in total. The number of hydrogen-bond acceptors (Lipinski definition) is 5. The number of nitrogens with zero attached hydrogens (tertiary/aromatic N) is 3. The van der Waals surface area contributed by atoms with E-state index in [0.29, 0.717) is 6.42 Å². The highest BCUT2D eigenvalue weighted by atomic mass is 16.5. The number of aryl methyl sites for hydroxylation is 2. The summed E-state index contributed by atoms with van der Waals surface area (Å²) < 4.78 is 6.51. The molecule has 136 valence electrons.